The Bertz CT molecular complexity index is 709. The highest BCUT2D eigenvalue weighted by atomic mass is 32.2. The molecule has 0 aliphatic carbocycles. The Labute approximate surface area is 160 Å². The van der Waals surface area contributed by atoms with Crippen molar-refractivity contribution in [2.75, 3.05) is 0 Å². The second kappa shape index (κ2) is 11.1. The average molecular weight is 375 g/mol. The number of hydrogen-bond donors (Lipinski definition) is 1. The fraction of sp³-hybridized carbons (Fsp3) is 0.500. The van der Waals surface area contributed by atoms with E-state index in [-0.39, 0.29) is 11.0 Å². The lowest BCUT2D eigenvalue weighted by atomic mass is 10.0. The molecule has 1 unspecified atom stereocenters. The van der Waals surface area contributed by atoms with Crippen LogP contribution in [-0.2, 0) is 0 Å². The third-order valence-corrected chi connectivity index (χ3v) is 5.80. The number of benzene rings is 1. The van der Waals surface area contributed by atoms with Crippen LogP contribution in [-0.4, -0.2) is 5.11 Å². The number of aromatic hydroxyl groups is 1. The van der Waals surface area contributed by atoms with Gasteiger partial charge in [0.1, 0.15) is 11.5 Å². The highest BCUT2D eigenvalue weighted by Gasteiger charge is 2.22. The van der Waals surface area contributed by atoms with Crippen LogP contribution in [0.2, 0.25) is 0 Å². The molecule has 1 heterocycles. The summed E-state index contributed by atoms with van der Waals surface area (Å²) in [7, 11) is 0. The summed E-state index contributed by atoms with van der Waals surface area (Å²) in [6.07, 6.45) is 9.45. The van der Waals surface area contributed by atoms with E-state index in [4.69, 9.17) is 4.42 Å². The van der Waals surface area contributed by atoms with Crippen LogP contribution >= 0.6 is 11.8 Å². The maximum absolute atomic E-state index is 12.4. The predicted octanol–water partition coefficient (Wildman–Crippen LogP) is 6.63. The zero-order valence-corrected chi connectivity index (χ0v) is 16.7. The molecular weight excluding hydrogens is 344 g/mol. The van der Waals surface area contributed by atoms with Crippen molar-refractivity contribution in [2.45, 2.75) is 75.4 Å². The molecular formula is C22H30O3S. The Balaban J connectivity index is 2.04. The van der Waals surface area contributed by atoms with Gasteiger partial charge in [-0.15, -0.1) is 11.8 Å². The molecule has 3 nitrogen and oxygen atoms in total. The van der Waals surface area contributed by atoms with E-state index in [1.165, 1.54) is 32.1 Å². The van der Waals surface area contributed by atoms with Crippen LogP contribution in [0.25, 0.3) is 0 Å². The standard InChI is InChI=1S/C22H30O3S/c1-3-4-5-6-7-8-12-15-20(26-18-13-10-9-11-14-18)21-19(23)16-17(2)25-22(21)24/h9-11,13-14,16,20,23H,3-8,12,15H2,1-2H3. The van der Waals surface area contributed by atoms with Crippen LogP contribution in [0.1, 0.15) is 74.9 Å². The zero-order chi connectivity index (χ0) is 18.8. The highest BCUT2D eigenvalue weighted by molar-refractivity contribution is 7.99. The number of hydrogen-bond acceptors (Lipinski definition) is 4. The Kier molecular flexibility index (Phi) is 8.82. The maximum Gasteiger partial charge on any atom is 0.344 e. The largest absolute Gasteiger partial charge is 0.507 e. The van der Waals surface area contributed by atoms with Crippen molar-refractivity contribution in [2.24, 2.45) is 0 Å². The minimum atomic E-state index is -0.418. The average Bonchev–Trinajstić information content (AvgIpc) is 2.60. The number of unbranched alkanes of at least 4 members (excludes halogenated alkanes) is 6. The van der Waals surface area contributed by atoms with Gasteiger partial charge >= 0.3 is 5.63 Å². The monoisotopic (exact) mass is 374 g/mol. The van der Waals surface area contributed by atoms with E-state index in [1.54, 1.807) is 24.8 Å². The van der Waals surface area contributed by atoms with E-state index >= 15 is 0 Å². The first-order valence-electron chi connectivity index (χ1n) is 9.67. The molecule has 142 valence electrons. The van der Waals surface area contributed by atoms with E-state index in [0.717, 1.165) is 24.2 Å². The molecule has 0 bridgehead atoms. The molecule has 1 aromatic carbocycles. The molecule has 0 aliphatic heterocycles. The third-order valence-electron chi connectivity index (χ3n) is 4.50. The third kappa shape index (κ3) is 6.56. The summed E-state index contributed by atoms with van der Waals surface area (Å²) in [6, 6.07) is 11.6. The van der Waals surface area contributed by atoms with Crippen molar-refractivity contribution in [1.82, 2.24) is 0 Å². The Morgan fingerprint density at radius 3 is 2.35 bits per heavy atom. The molecule has 0 fully saturated rings. The molecule has 26 heavy (non-hydrogen) atoms. The van der Waals surface area contributed by atoms with Gasteiger partial charge in [-0.3, -0.25) is 0 Å². The predicted molar refractivity (Wildman–Crippen MR) is 109 cm³/mol. The summed E-state index contributed by atoms with van der Waals surface area (Å²) in [6.45, 7) is 3.91. The molecule has 0 aliphatic rings. The van der Waals surface area contributed by atoms with E-state index in [2.05, 4.69) is 6.92 Å². The molecule has 0 amide bonds. The first-order chi connectivity index (χ1) is 12.6. The van der Waals surface area contributed by atoms with Gasteiger partial charge in [0.15, 0.2) is 0 Å². The van der Waals surface area contributed by atoms with Gasteiger partial charge in [-0.1, -0.05) is 70.1 Å². The number of thioether (sulfide) groups is 1. The fourth-order valence-electron chi connectivity index (χ4n) is 3.11. The van der Waals surface area contributed by atoms with Crippen LogP contribution in [0.4, 0.5) is 0 Å². The second-order valence-electron chi connectivity index (χ2n) is 6.77. The lowest BCUT2D eigenvalue weighted by Crippen LogP contribution is -2.12. The lowest BCUT2D eigenvalue weighted by molar-refractivity contribution is 0.419. The molecule has 1 aromatic heterocycles. The van der Waals surface area contributed by atoms with Crippen molar-refractivity contribution < 1.29 is 9.52 Å². The molecule has 1 N–H and O–H groups in total. The van der Waals surface area contributed by atoms with Crippen molar-refractivity contribution in [1.29, 1.82) is 0 Å². The molecule has 1 atom stereocenters. The van der Waals surface area contributed by atoms with Gasteiger partial charge in [0, 0.05) is 16.2 Å². The maximum atomic E-state index is 12.4. The summed E-state index contributed by atoms with van der Waals surface area (Å²) in [4.78, 5) is 13.5. The van der Waals surface area contributed by atoms with Gasteiger partial charge < -0.3 is 9.52 Å². The highest BCUT2D eigenvalue weighted by Crippen LogP contribution is 2.41. The summed E-state index contributed by atoms with van der Waals surface area (Å²) >= 11 is 1.63. The van der Waals surface area contributed by atoms with Gasteiger partial charge in [-0.25, -0.2) is 4.79 Å². The normalized spacial score (nSPS) is 12.2. The Hall–Kier alpha value is -1.68. The molecule has 0 spiro atoms. The van der Waals surface area contributed by atoms with E-state index in [9.17, 15) is 9.90 Å². The molecule has 0 radical (unpaired) electrons. The van der Waals surface area contributed by atoms with Crippen LogP contribution in [0.3, 0.4) is 0 Å². The lowest BCUT2D eigenvalue weighted by Gasteiger charge is -2.17. The first kappa shape index (κ1) is 20.6. The van der Waals surface area contributed by atoms with Crippen molar-refractivity contribution in [3.05, 3.63) is 58.1 Å². The van der Waals surface area contributed by atoms with E-state index in [0.29, 0.717) is 11.3 Å². The smallest absolute Gasteiger partial charge is 0.344 e. The Morgan fingerprint density at radius 1 is 1.04 bits per heavy atom. The van der Waals surface area contributed by atoms with E-state index < -0.39 is 5.63 Å². The van der Waals surface area contributed by atoms with E-state index in [1.807, 2.05) is 30.3 Å². The van der Waals surface area contributed by atoms with Gasteiger partial charge in [0.05, 0.1) is 5.56 Å². The molecule has 4 heteroatoms. The topological polar surface area (TPSA) is 50.4 Å². The van der Waals surface area contributed by atoms with Crippen molar-refractivity contribution in [3.8, 4) is 5.75 Å². The molecule has 2 aromatic rings. The number of aryl methyl sites for hydroxylation is 1. The summed E-state index contributed by atoms with van der Waals surface area (Å²) in [5, 5.41) is 10.3. The second-order valence-corrected chi connectivity index (χ2v) is 8.05. The summed E-state index contributed by atoms with van der Waals surface area (Å²) in [5.74, 6) is 0.491. The molecule has 0 saturated heterocycles. The summed E-state index contributed by atoms with van der Waals surface area (Å²) < 4.78 is 5.25. The zero-order valence-electron chi connectivity index (χ0n) is 15.9. The van der Waals surface area contributed by atoms with Crippen LogP contribution < -0.4 is 5.63 Å². The number of rotatable bonds is 11. The van der Waals surface area contributed by atoms with Gasteiger partial charge in [0.2, 0.25) is 0 Å². The fourth-order valence-corrected chi connectivity index (χ4v) is 4.38. The van der Waals surface area contributed by atoms with Gasteiger partial charge in [0.25, 0.3) is 0 Å². The van der Waals surface area contributed by atoms with Crippen LogP contribution in [0.15, 0.2) is 50.5 Å². The molecule has 2 rings (SSSR count). The summed E-state index contributed by atoms with van der Waals surface area (Å²) in [5.41, 5.74) is -0.0192. The SMILES string of the molecule is CCCCCCCCCC(Sc1ccccc1)c1c(O)cc(C)oc1=O. The van der Waals surface area contributed by atoms with Crippen LogP contribution in [0, 0.1) is 6.92 Å². The van der Waals surface area contributed by atoms with Gasteiger partial charge in [-0.05, 0) is 25.5 Å². The van der Waals surface area contributed by atoms with Crippen molar-refractivity contribution in [3.63, 3.8) is 0 Å². The minimum Gasteiger partial charge on any atom is -0.507 e. The first-order valence-corrected chi connectivity index (χ1v) is 10.5. The van der Waals surface area contributed by atoms with Gasteiger partial charge in [-0.2, -0.15) is 0 Å². The quantitative estimate of drug-likeness (QED) is 0.354. The van der Waals surface area contributed by atoms with Crippen LogP contribution in [0.5, 0.6) is 5.75 Å². The minimum absolute atomic E-state index is 0.0510. The Morgan fingerprint density at radius 2 is 1.69 bits per heavy atom. The van der Waals surface area contributed by atoms with Crippen molar-refractivity contribution >= 4 is 11.8 Å². The molecule has 0 saturated carbocycles.